The van der Waals surface area contributed by atoms with Gasteiger partial charge in [-0.2, -0.15) is 0 Å². The second kappa shape index (κ2) is 4.19. The minimum absolute atomic E-state index is 0.0104. The predicted octanol–water partition coefficient (Wildman–Crippen LogP) is 1.84. The molecule has 0 aliphatic carbocycles. The first kappa shape index (κ1) is 10.6. The highest BCUT2D eigenvalue weighted by molar-refractivity contribution is 9.10. The molecule has 0 aliphatic heterocycles. The number of hydrogen-bond acceptors (Lipinski definition) is 3. The van der Waals surface area contributed by atoms with E-state index >= 15 is 0 Å². The largest absolute Gasteiger partial charge is 0.387 e. The van der Waals surface area contributed by atoms with Crippen molar-refractivity contribution >= 4 is 27.5 Å². The maximum Gasteiger partial charge on any atom is 0.283 e. The molecule has 6 heteroatoms. The van der Waals surface area contributed by atoms with Crippen molar-refractivity contribution in [3.05, 3.63) is 38.3 Å². The smallest absolute Gasteiger partial charge is 0.283 e. The van der Waals surface area contributed by atoms with Gasteiger partial charge in [-0.05, 0) is 27.6 Å². The van der Waals surface area contributed by atoms with Crippen LogP contribution < -0.4 is 5.73 Å². The lowest BCUT2D eigenvalue weighted by atomic mass is 10.1. The van der Waals surface area contributed by atoms with Crippen molar-refractivity contribution in [2.24, 2.45) is 5.73 Å². The van der Waals surface area contributed by atoms with Gasteiger partial charge < -0.3 is 5.73 Å². The van der Waals surface area contributed by atoms with Gasteiger partial charge in [-0.1, -0.05) is 6.07 Å². The van der Waals surface area contributed by atoms with Crippen molar-refractivity contribution < 1.29 is 4.92 Å². The number of nitro benzene ring substituents is 1. The Morgan fingerprint density at radius 1 is 1.64 bits per heavy atom. The van der Waals surface area contributed by atoms with E-state index in [9.17, 15) is 10.1 Å². The van der Waals surface area contributed by atoms with Gasteiger partial charge in [0.1, 0.15) is 0 Å². The summed E-state index contributed by atoms with van der Waals surface area (Å²) >= 11 is 3.07. The van der Waals surface area contributed by atoms with Crippen LogP contribution >= 0.6 is 15.9 Å². The summed E-state index contributed by atoms with van der Waals surface area (Å²) in [6.07, 6.45) is 0.230. The van der Waals surface area contributed by atoms with Crippen molar-refractivity contribution in [3.63, 3.8) is 0 Å². The van der Waals surface area contributed by atoms with Crippen LogP contribution in [0.15, 0.2) is 22.7 Å². The molecule has 1 aromatic rings. The normalized spacial score (nSPS) is 9.79. The fraction of sp³-hybridized carbons (Fsp3) is 0.125. The Labute approximate surface area is 88.7 Å². The highest BCUT2D eigenvalue weighted by Crippen LogP contribution is 2.25. The zero-order chi connectivity index (χ0) is 10.7. The topological polar surface area (TPSA) is 93.0 Å². The molecule has 0 bridgehead atoms. The average Bonchev–Trinajstić information content (AvgIpc) is 2.07. The Bertz CT molecular complexity index is 392. The third kappa shape index (κ3) is 2.53. The van der Waals surface area contributed by atoms with Gasteiger partial charge in [0.15, 0.2) is 0 Å². The molecule has 0 aromatic heterocycles. The van der Waals surface area contributed by atoms with Crippen LogP contribution in [-0.4, -0.2) is 10.8 Å². The van der Waals surface area contributed by atoms with E-state index in [-0.39, 0.29) is 17.9 Å². The van der Waals surface area contributed by atoms with Crippen LogP contribution in [0.2, 0.25) is 0 Å². The minimum Gasteiger partial charge on any atom is -0.387 e. The minimum atomic E-state index is -0.478. The quantitative estimate of drug-likeness (QED) is 0.375. The Morgan fingerprint density at radius 3 is 2.79 bits per heavy atom. The van der Waals surface area contributed by atoms with Gasteiger partial charge in [-0.25, -0.2) is 0 Å². The summed E-state index contributed by atoms with van der Waals surface area (Å²) in [5.74, 6) is -0.0124. The van der Waals surface area contributed by atoms with Gasteiger partial charge in [0.2, 0.25) is 0 Å². The van der Waals surface area contributed by atoms with E-state index in [0.717, 1.165) is 0 Å². The molecule has 0 radical (unpaired) electrons. The van der Waals surface area contributed by atoms with E-state index in [4.69, 9.17) is 11.1 Å². The fourth-order valence-corrected chi connectivity index (χ4v) is 1.42. The molecule has 0 atom stereocenters. The molecule has 0 unspecified atom stereocenters. The van der Waals surface area contributed by atoms with Crippen LogP contribution in [-0.2, 0) is 6.42 Å². The first-order valence-corrected chi connectivity index (χ1v) is 4.55. The molecule has 0 aliphatic rings. The van der Waals surface area contributed by atoms with Crippen LogP contribution in [0, 0.1) is 15.5 Å². The van der Waals surface area contributed by atoms with E-state index in [2.05, 4.69) is 15.9 Å². The molecule has 74 valence electrons. The van der Waals surface area contributed by atoms with E-state index in [1.807, 2.05) is 0 Å². The molecule has 3 N–H and O–H groups in total. The van der Waals surface area contributed by atoms with Gasteiger partial charge in [-0.3, -0.25) is 15.5 Å². The zero-order valence-electron chi connectivity index (χ0n) is 7.16. The Morgan fingerprint density at radius 2 is 2.29 bits per heavy atom. The van der Waals surface area contributed by atoms with E-state index in [1.165, 1.54) is 6.07 Å². The summed E-state index contributed by atoms with van der Waals surface area (Å²) < 4.78 is 0.426. The highest BCUT2D eigenvalue weighted by Gasteiger charge is 2.12. The number of nitrogens with two attached hydrogens (primary N) is 1. The number of halogens is 1. The van der Waals surface area contributed by atoms with Crippen molar-refractivity contribution in [2.45, 2.75) is 6.42 Å². The molecule has 0 saturated carbocycles. The lowest BCUT2D eigenvalue weighted by Gasteiger charge is -2.00. The van der Waals surface area contributed by atoms with E-state index < -0.39 is 4.92 Å². The molecule has 1 aromatic carbocycles. The first-order valence-electron chi connectivity index (χ1n) is 3.76. The number of rotatable bonds is 3. The number of hydrogen-bond donors (Lipinski definition) is 2. The third-order valence-electron chi connectivity index (χ3n) is 1.60. The highest BCUT2D eigenvalue weighted by atomic mass is 79.9. The number of nitro groups is 1. The molecule has 0 saturated heterocycles. The van der Waals surface area contributed by atoms with Crippen molar-refractivity contribution in [2.75, 3.05) is 0 Å². The van der Waals surface area contributed by atoms with Crippen LogP contribution in [0.1, 0.15) is 5.56 Å². The molecule has 0 amide bonds. The first-order chi connectivity index (χ1) is 6.50. The predicted molar refractivity (Wildman–Crippen MR) is 56.4 cm³/mol. The van der Waals surface area contributed by atoms with E-state index in [1.54, 1.807) is 12.1 Å². The van der Waals surface area contributed by atoms with Gasteiger partial charge in [-0.15, -0.1) is 0 Å². The molecule has 5 nitrogen and oxygen atoms in total. The third-order valence-corrected chi connectivity index (χ3v) is 2.27. The van der Waals surface area contributed by atoms with Gasteiger partial charge >= 0.3 is 0 Å². The second-order valence-corrected chi connectivity index (χ2v) is 3.60. The average molecular weight is 258 g/mol. The summed E-state index contributed by atoms with van der Waals surface area (Å²) in [5.41, 5.74) is 5.84. The molecule has 1 rings (SSSR count). The SMILES string of the molecule is N=C(N)Cc1ccc(Br)c([N+](=O)[O-])c1. The Hall–Kier alpha value is -1.43. The molecular weight excluding hydrogens is 250 g/mol. The number of nitrogens with one attached hydrogen (secondary N) is 1. The number of benzene rings is 1. The lowest BCUT2D eigenvalue weighted by Crippen LogP contribution is -2.12. The molecule has 0 spiro atoms. The molecule has 0 fully saturated rings. The summed E-state index contributed by atoms with van der Waals surface area (Å²) in [7, 11) is 0. The zero-order valence-corrected chi connectivity index (χ0v) is 8.74. The summed E-state index contributed by atoms with van der Waals surface area (Å²) in [6, 6.07) is 4.68. The van der Waals surface area contributed by atoms with Gasteiger partial charge in [0, 0.05) is 12.5 Å². The monoisotopic (exact) mass is 257 g/mol. The summed E-state index contributed by atoms with van der Waals surface area (Å²) in [5, 5.41) is 17.6. The maximum atomic E-state index is 10.6. The van der Waals surface area contributed by atoms with Crippen LogP contribution in [0.25, 0.3) is 0 Å². The van der Waals surface area contributed by atoms with Crippen LogP contribution in [0.5, 0.6) is 0 Å². The summed E-state index contributed by atoms with van der Waals surface area (Å²) in [4.78, 5) is 10.1. The molecule has 0 heterocycles. The van der Waals surface area contributed by atoms with Crippen LogP contribution in [0.3, 0.4) is 0 Å². The second-order valence-electron chi connectivity index (χ2n) is 2.74. The number of amidine groups is 1. The van der Waals surface area contributed by atoms with Gasteiger partial charge in [0.05, 0.1) is 15.2 Å². The van der Waals surface area contributed by atoms with Gasteiger partial charge in [0.25, 0.3) is 5.69 Å². The lowest BCUT2D eigenvalue weighted by molar-refractivity contribution is -0.385. The summed E-state index contributed by atoms with van der Waals surface area (Å²) in [6.45, 7) is 0. The standard InChI is InChI=1S/C8H8BrN3O2/c9-6-2-1-5(4-8(10)11)3-7(6)12(13)14/h1-3H,4H2,(H3,10,11). The van der Waals surface area contributed by atoms with Crippen molar-refractivity contribution in [3.8, 4) is 0 Å². The Balaban J connectivity index is 3.06. The van der Waals surface area contributed by atoms with Crippen molar-refractivity contribution in [1.82, 2.24) is 0 Å². The molecular formula is C8H8BrN3O2. The Kier molecular flexibility index (Phi) is 3.19. The van der Waals surface area contributed by atoms with Crippen molar-refractivity contribution in [1.29, 1.82) is 5.41 Å². The maximum absolute atomic E-state index is 10.6. The van der Waals surface area contributed by atoms with E-state index in [0.29, 0.717) is 10.0 Å². The fourth-order valence-electron chi connectivity index (χ4n) is 1.03. The van der Waals surface area contributed by atoms with Crippen LogP contribution in [0.4, 0.5) is 5.69 Å². The molecule has 14 heavy (non-hydrogen) atoms. The number of nitrogens with zero attached hydrogens (tertiary/aromatic N) is 1.